The van der Waals surface area contributed by atoms with Crippen molar-refractivity contribution in [1.82, 2.24) is 0 Å². The smallest absolute Gasteiger partial charge is 0.318 e. The molecule has 3 saturated heterocycles. The van der Waals surface area contributed by atoms with Crippen molar-refractivity contribution >= 4 is 11.9 Å². The predicted octanol–water partition coefficient (Wildman–Crippen LogP) is 3.79. The van der Waals surface area contributed by atoms with Crippen LogP contribution in [0.25, 0.3) is 0 Å². The van der Waals surface area contributed by atoms with Gasteiger partial charge in [0.25, 0.3) is 0 Å². The standard InChI is InChI=1S/C25H26O7/c1-22(2)17(23(3)18(31-22)10-19(26)32-23)9-14-8-15-16(29-14)4-6-24-12-25(15,24)21(27)30-20(24)13-5-7-28-11-13/h5,7-8,11,17-18,20H,4,6,9-10,12H2,1-3H3/t17-,18+,20-,23-,24-,25-/m1/s1. The number of rotatable bonds is 3. The Morgan fingerprint density at radius 2 is 2.03 bits per heavy atom. The molecule has 5 heterocycles. The van der Waals surface area contributed by atoms with Crippen LogP contribution in [0.1, 0.15) is 68.8 Å². The third-order valence-corrected chi connectivity index (χ3v) is 9.05. The summed E-state index contributed by atoms with van der Waals surface area (Å²) in [5.74, 6) is 1.29. The molecule has 0 amide bonds. The van der Waals surface area contributed by atoms with E-state index >= 15 is 0 Å². The second kappa shape index (κ2) is 5.50. The first-order chi connectivity index (χ1) is 15.2. The minimum Gasteiger partial charge on any atom is -0.472 e. The first-order valence-corrected chi connectivity index (χ1v) is 11.4. The quantitative estimate of drug-likeness (QED) is 0.674. The van der Waals surface area contributed by atoms with Gasteiger partial charge in [-0.05, 0) is 45.7 Å². The second-order valence-electron chi connectivity index (χ2n) is 11.0. The molecule has 0 aromatic carbocycles. The molecule has 4 fully saturated rings. The largest absolute Gasteiger partial charge is 0.472 e. The van der Waals surface area contributed by atoms with E-state index in [-0.39, 0.29) is 41.9 Å². The van der Waals surface area contributed by atoms with Crippen LogP contribution in [0.2, 0.25) is 0 Å². The van der Waals surface area contributed by atoms with Gasteiger partial charge in [-0.1, -0.05) is 0 Å². The molecule has 7 rings (SSSR count). The molecule has 1 saturated carbocycles. The number of carbonyl (C=O) groups excluding carboxylic acids is 2. The highest BCUT2D eigenvalue weighted by molar-refractivity contribution is 5.93. The molecule has 2 aliphatic carbocycles. The number of hydrogen-bond donors (Lipinski definition) is 0. The van der Waals surface area contributed by atoms with Gasteiger partial charge in [0.1, 0.15) is 34.7 Å². The Balaban J connectivity index is 1.24. The van der Waals surface area contributed by atoms with Crippen molar-refractivity contribution in [3.63, 3.8) is 0 Å². The van der Waals surface area contributed by atoms with E-state index in [4.69, 9.17) is 23.0 Å². The molecule has 5 aliphatic rings. The molecule has 0 unspecified atom stereocenters. The van der Waals surface area contributed by atoms with Gasteiger partial charge in [0, 0.05) is 35.3 Å². The summed E-state index contributed by atoms with van der Waals surface area (Å²) in [6.07, 6.45) is 6.10. The van der Waals surface area contributed by atoms with E-state index in [0.29, 0.717) is 6.42 Å². The lowest BCUT2D eigenvalue weighted by molar-refractivity contribution is -0.151. The maximum absolute atomic E-state index is 13.2. The summed E-state index contributed by atoms with van der Waals surface area (Å²) < 4.78 is 29.5. The molecular formula is C25H26O7. The van der Waals surface area contributed by atoms with E-state index in [9.17, 15) is 9.59 Å². The highest BCUT2D eigenvalue weighted by Gasteiger charge is 2.83. The summed E-state index contributed by atoms with van der Waals surface area (Å²) >= 11 is 0. The Labute approximate surface area is 185 Å². The fourth-order valence-electron chi connectivity index (χ4n) is 7.48. The van der Waals surface area contributed by atoms with E-state index in [2.05, 4.69) is 6.07 Å². The van der Waals surface area contributed by atoms with Gasteiger partial charge in [-0.2, -0.15) is 0 Å². The molecule has 3 aliphatic heterocycles. The average molecular weight is 438 g/mol. The van der Waals surface area contributed by atoms with Gasteiger partial charge in [-0.15, -0.1) is 0 Å². The number of carbonyl (C=O) groups is 2. The van der Waals surface area contributed by atoms with Crippen molar-refractivity contribution in [2.24, 2.45) is 11.3 Å². The summed E-state index contributed by atoms with van der Waals surface area (Å²) in [7, 11) is 0. The van der Waals surface area contributed by atoms with Crippen LogP contribution in [0.4, 0.5) is 0 Å². The van der Waals surface area contributed by atoms with Crippen molar-refractivity contribution in [2.45, 2.75) is 81.7 Å². The molecule has 0 N–H and O–H groups in total. The zero-order valence-electron chi connectivity index (χ0n) is 18.4. The molecule has 6 atom stereocenters. The average Bonchev–Trinajstić information content (AvgIpc) is 3.20. The number of furan rings is 2. The van der Waals surface area contributed by atoms with Crippen LogP contribution in [0.3, 0.4) is 0 Å². The molecule has 2 aromatic heterocycles. The van der Waals surface area contributed by atoms with E-state index in [1.165, 1.54) is 0 Å². The zero-order valence-corrected chi connectivity index (χ0v) is 18.4. The number of esters is 2. The summed E-state index contributed by atoms with van der Waals surface area (Å²) in [6.45, 7) is 6.07. The lowest BCUT2D eigenvalue weighted by atomic mass is 9.75. The molecule has 0 bridgehead atoms. The normalized spacial score (nSPS) is 42.7. The lowest BCUT2D eigenvalue weighted by Gasteiger charge is -2.32. The molecule has 0 radical (unpaired) electrons. The molecular weight excluding hydrogens is 412 g/mol. The number of ether oxygens (including phenoxy) is 3. The number of fused-ring (bicyclic) bond motifs is 2. The Kier molecular flexibility index (Phi) is 3.26. The van der Waals surface area contributed by atoms with Crippen LogP contribution in [-0.2, 0) is 42.1 Å². The second-order valence-corrected chi connectivity index (χ2v) is 11.0. The van der Waals surface area contributed by atoms with Gasteiger partial charge in [-0.25, -0.2) is 0 Å². The fraction of sp³-hybridized carbons (Fsp3) is 0.600. The van der Waals surface area contributed by atoms with Crippen LogP contribution in [-0.4, -0.2) is 29.2 Å². The van der Waals surface area contributed by atoms with Crippen LogP contribution in [0, 0.1) is 11.3 Å². The Morgan fingerprint density at radius 1 is 1.19 bits per heavy atom. The Bertz CT molecular complexity index is 1160. The minimum atomic E-state index is -0.672. The summed E-state index contributed by atoms with van der Waals surface area (Å²) in [6, 6.07) is 3.94. The van der Waals surface area contributed by atoms with Crippen molar-refractivity contribution < 1.29 is 32.6 Å². The van der Waals surface area contributed by atoms with Crippen LogP contribution >= 0.6 is 0 Å². The third kappa shape index (κ3) is 2.02. The fourth-order valence-corrected chi connectivity index (χ4v) is 7.48. The lowest BCUT2D eigenvalue weighted by Crippen LogP contribution is -2.43. The van der Waals surface area contributed by atoms with Gasteiger partial charge >= 0.3 is 11.9 Å². The van der Waals surface area contributed by atoms with Crippen molar-refractivity contribution in [1.29, 1.82) is 0 Å². The first-order valence-electron chi connectivity index (χ1n) is 11.4. The van der Waals surface area contributed by atoms with Gasteiger partial charge in [0.15, 0.2) is 0 Å². The maximum Gasteiger partial charge on any atom is 0.318 e. The van der Waals surface area contributed by atoms with Crippen molar-refractivity contribution in [3.8, 4) is 0 Å². The van der Waals surface area contributed by atoms with Crippen LogP contribution in [0.5, 0.6) is 0 Å². The SMILES string of the molecule is CC1(C)O[C@H]2CC(=O)O[C@]2(C)[C@@H]1Cc1cc2c(o1)CC[C@]13C[C@]21C(=O)O[C@@H]3c1ccoc1. The molecule has 7 heteroatoms. The van der Waals surface area contributed by atoms with Gasteiger partial charge in [-0.3, -0.25) is 9.59 Å². The topological polar surface area (TPSA) is 88.1 Å². The van der Waals surface area contributed by atoms with Gasteiger partial charge in [0.05, 0.1) is 24.5 Å². The van der Waals surface area contributed by atoms with Crippen molar-refractivity contribution in [2.75, 3.05) is 0 Å². The Morgan fingerprint density at radius 3 is 2.81 bits per heavy atom. The molecule has 168 valence electrons. The Hall–Kier alpha value is -2.54. The van der Waals surface area contributed by atoms with Crippen LogP contribution in [0.15, 0.2) is 33.5 Å². The highest BCUT2D eigenvalue weighted by Crippen LogP contribution is 2.79. The predicted molar refractivity (Wildman–Crippen MR) is 109 cm³/mol. The zero-order chi connectivity index (χ0) is 22.1. The summed E-state index contributed by atoms with van der Waals surface area (Å²) in [4.78, 5) is 25.1. The number of aryl methyl sites for hydroxylation is 1. The molecule has 2 aromatic rings. The van der Waals surface area contributed by atoms with E-state index in [1.807, 2.05) is 26.8 Å². The third-order valence-electron chi connectivity index (χ3n) is 9.05. The number of hydrogen-bond acceptors (Lipinski definition) is 7. The van der Waals surface area contributed by atoms with E-state index in [1.54, 1.807) is 12.5 Å². The van der Waals surface area contributed by atoms with E-state index in [0.717, 1.165) is 41.9 Å². The first kappa shape index (κ1) is 19.0. The molecule has 0 spiro atoms. The van der Waals surface area contributed by atoms with Gasteiger partial charge < -0.3 is 23.0 Å². The van der Waals surface area contributed by atoms with Crippen molar-refractivity contribution in [3.05, 3.63) is 47.3 Å². The molecule has 7 nitrogen and oxygen atoms in total. The van der Waals surface area contributed by atoms with Crippen LogP contribution < -0.4 is 0 Å². The minimum absolute atomic E-state index is 0.0466. The number of cyclic esters (lactones) is 1. The monoisotopic (exact) mass is 438 g/mol. The summed E-state index contributed by atoms with van der Waals surface area (Å²) in [5, 5.41) is 0. The summed E-state index contributed by atoms with van der Waals surface area (Å²) in [5.41, 5.74) is -0.0379. The highest BCUT2D eigenvalue weighted by atomic mass is 16.6. The van der Waals surface area contributed by atoms with Gasteiger partial charge in [0.2, 0.25) is 0 Å². The van der Waals surface area contributed by atoms with E-state index < -0.39 is 16.6 Å². The molecule has 32 heavy (non-hydrogen) atoms. The maximum atomic E-state index is 13.2.